The van der Waals surface area contributed by atoms with Crippen LogP contribution >= 0.6 is 0 Å². The van der Waals surface area contributed by atoms with Gasteiger partial charge in [0, 0.05) is 34.8 Å². The van der Waals surface area contributed by atoms with Crippen molar-refractivity contribution >= 4 is 16.7 Å². The minimum Gasteiger partial charge on any atom is -0.497 e. The molecule has 0 N–H and O–H groups in total. The second-order valence-electron chi connectivity index (χ2n) is 7.79. The molecule has 0 amide bonds. The van der Waals surface area contributed by atoms with E-state index in [0.29, 0.717) is 5.56 Å². The van der Waals surface area contributed by atoms with Crippen LogP contribution in [0.1, 0.15) is 74.2 Å². The van der Waals surface area contributed by atoms with Gasteiger partial charge in [-0.3, -0.25) is 4.79 Å². The van der Waals surface area contributed by atoms with Crippen LogP contribution in [0.15, 0.2) is 54.7 Å². The predicted octanol–water partition coefficient (Wildman–Crippen LogP) is 7.02. The van der Waals surface area contributed by atoms with Crippen LogP contribution < -0.4 is 4.74 Å². The average molecular weight is 392 g/mol. The minimum absolute atomic E-state index is 0.0681. The number of carbonyl (C=O) groups excluding carboxylic acids is 1. The highest BCUT2D eigenvalue weighted by molar-refractivity contribution is 6.16. The SMILES string of the molecule is CCCCCCCCCCn1cc(C(=O)c2ccc(OC)cc2)c2ccccc21. The van der Waals surface area contributed by atoms with E-state index in [1.165, 1.54) is 44.9 Å². The molecule has 0 saturated heterocycles. The van der Waals surface area contributed by atoms with Crippen molar-refractivity contribution in [3.8, 4) is 5.75 Å². The van der Waals surface area contributed by atoms with Crippen LogP contribution in [0.4, 0.5) is 0 Å². The van der Waals surface area contributed by atoms with Gasteiger partial charge in [0.05, 0.1) is 7.11 Å². The van der Waals surface area contributed by atoms with Gasteiger partial charge in [-0.25, -0.2) is 0 Å². The summed E-state index contributed by atoms with van der Waals surface area (Å²) in [5.74, 6) is 0.831. The van der Waals surface area contributed by atoms with Gasteiger partial charge in [-0.05, 0) is 36.8 Å². The largest absolute Gasteiger partial charge is 0.497 e. The lowest BCUT2D eigenvalue weighted by Crippen LogP contribution is -2.01. The number of aryl methyl sites for hydroxylation is 1. The number of ketones is 1. The molecule has 0 saturated carbocycles. The van der Waals surface area contributed by atoms with Gasteiger partial charge in [0.15, 0.2) is 5.78 Å². The molecule has 3 nitrogen and oxygen atoms in total. The number of aromatic nitrogens is 1. The average Bonchev–Trinajstić information content (AvgIpc) is 3.14. The fourth-order valence-electron chi connectivity index (χ4n) is 3.93. The van der Waals surface area contributed by atoms with Crippen LogP contribution in [-0.4, -0.2) is 17.5 Å². The molecule has 0 spiro atoms. The van der Waals surface area contributed by atoms with E-state index in [0.717, 1.165) is 35.2 Å². The van der Waals surface area contributed by atoms with E-state index >= 15 is 0 Å². The van der Waals surface area contributed by atoms with Gasteiger partial charge in [0.2, 0.25) is 0 Å². The van der Waals surface area contributed by atoms with E-state index in [2.05, 4.69) is 23.6 Å². The van der Waals surface area contributed by atoms with Crippen LogP contribution in [0, 0.1) is 0 Å². The molecule has 0 aliphatic carbocycles. The summed E-state index contributed by atoms with van der Waals surface area (Å²) in [6.45, 7) is 3.22. The minimum atomic E-state index is 0.0681. The predicted molar refractivity (Wildman–Crippen MR) is 121 cm³/mol. The van der Waals surface area contributed by atoms with Crippen LogP contribution in [-0.2, 0) is 6.54 Å². The first-order valence-electron chi connectivity index (χ1n) is 11.0. The number of carbonyl (C=O) groups is 1. The maximum absolute atomic E-state index is 13.1. The van der Waals surface area contributed by atoms with Crippen LogP contribution in [0.3, 0.4) is 0 Å². The molecule has 0 unspecified atom stereocenters. The molecule has 0 fully saturated rings. The quantitative estimate of drug-likeness (QED) is 0.245. The summed E-state index contributed by atoms with van der Waals surface area (Å²) >= 11 is 0. The van der Waals surface area contributed by atoms with Crippen molar-refractivity contribution in [2.24, 2.45) is 0 Å². The molecule has 1 heterocycles. The van der Waals surface area contributed by atoms with Crippen molar-refractivity contribution in [3.63, 3.8) is 0 Å². The maximum atomic E-state index is 13.1. The summed E-state index contributed by atoms with van der Waals surface area (Å²) in [5.41, 5.74) is 2.62. The number of methoxy groups -OCH3 is 1. The summed E-state index contributed by atoms with van der Waals surface area (Å²) in [5, 5.41) is 1.04. The first kappa shape index (κ1) is 21.2. The first-order valence-corrected chi connectivity index (χ1v) is 11.0. The number of unbranched alkanes of at least 4 members (excludes halogenated alkanes) is 7. The molecule has 29 heavy (non-hydrogen) atoms. The van der Waals surface area contributed by atoms with Gasteiger partial charge in [0.1, 0.15) is 5.75 Å². The Kier molecular flexibility index (Phi) is 7.92. The molecule has 0 bridgehead atoms. The third-order valence-electron chi connectivity index (χ3n) is 5.64. The molecule has 0 atom stereocenters. The van der Waals surface area contributed by atoms with Crippen LogP contribution in [0.25, 0.3) is 10.9 Å². The lowest BCUT2D eigenvalue weighted by molar-refractivity contribution is 0.104. The number of fused-ring (bicyclic) bond motifs is 1. The van der Waals surface area contributed by atoms with E-state index in [9.17, 15) is 4.79 Å². The van der Waals surface area contributed by atoms with Crippen molar-refractivity contribution < 1.29 is 9.53 Å². The van der Waals surface area contributed by atoms with E-state index < -0.39 is 0 Å². The molecule has 154 valence electrons. The number of hydrogen-bond acceptors (Lipinski definition) is 2. The first-order chi connectivity index (χ1) is 14.2. The highest BCUT2D eigenvalue weighted by atomic mass is 16.5. The van der Waals surface area contributed by atoms with Crippen molar-refractivity contribution in [2.75, 3.05) is 7.11 Å². The van der Waals surface area contributed by atoms with Crippen molar-refractivity contribution in [1.29, 1.82) is 0 Å². The summed E-state index contributed by atoms with van der Waals surface area (Å²) in [4.78, 5) is 13.1. The zero-order chi connectivity index (χ0) is 20.5. The zero-order valence-corrected chi connectivity index (χ0v) is 17.8. The Labute approximate surface area is 174 Å². The molecule has 3 aromatic rings. The number of nitrogens with zero attached hydrogens (tertiary/aromatic N) is 1. The van der Waals surface area contributed by atoms with E-state index in [1.807, 2.05) is 42.6 Å². The van der Waals surface area contributed by atoms with Crippen molar-refractivity contribution in [1.82, 2.24) is 4.57 Å². The molecule has 0 aliphatic rings. The number of benzene rings is 2. The molecular weight excluding hydrogens is 358 g/mol. The van der Waals surface area contributed by atoms with Gasteiger partial charge in [0.25, 0.3) is 0 Å². The summed E-state index contributed by atoms with van der Waals surface area (Å²) < 4.78 is 7.46. The Bertz CT molecular complexity index is 908. The highest BCUT2D eigenvalue weighted by Crippen LogP contribution is 2.25. The van der Waals surface area contributed by atoms with Gasteiger partial charge >= 0.3 is 0 Å². The van der Waals surface area contributed by atoms with Gasteiger partial charge in [-0.15, -0.1) is 0 Å². The maximum Gasteiger partial charge on any atom is 0.195 e. The number of ether oxygens (including phenoxy) is 1. The molecule has 0 aliphatic heterocycles. The smallest absolute Gasteiger partial charge is 0.195 e. The van der Waals surface area contributed by atoms with E-state index in [4.69, 9.17) is 4.74 Å². The number of hydrogen-bond donors (Lipinski definition) is 0. The number of rotatable bonds is 12. The monoisotopic (exact) mass is 391 g/mol. The Morgan fingerprint density at radius 2 is 1.52 bits per heavy atom. The fourth-order valence-corrected chi connectivity index (χ4v) is 3.93. The van der Waals surface area contributed by atoms with Gasteiger partial charge in [-0.2, -0.15) is 0 Å². The normalized spacial score (nSPS) is 11.1. The number of para-hydroxylation sites is 1. The second-order valence-corrected chi connectivity index (χ2v) is 7.79. The van der Waals surface area contributed by atoms with E-state index in [1.54, 1.807) is 7.11 Å². The lowest BCUT2D eigenvalue weighted by Gasteiger charge is -2.05. The Hall–Kier alpha value is -2.55. The summed E-state index contributed by atoms with van der Waals surface area (Å²) in [7, 11) is 1.63. The molecule has 3 heteroatoms. The van der Waals surface area contributed by atoms with Crippen LogP contribution in [0.5, 0.6) is 5.75 Å². The Balaban J connectivity index is 1.66. The molecule has 1 aromatic heterocycles. The molecule has 3 rings (SSSR count). The summed E-state index contributed by atoms with van der Waals surface area (Å²) in [6, 6.07) is 15.6. The molecule has 0 radical (unpaired) electrons. The van der Waals surface area contributed by atoms with Gasteiger partial charge in [-0.1, -0.05) is 70.1 Å². The van der Waals surface area contributed by atoms with Crippen molar-refractivity contribution in [2.45, 2.75) is 64.8 Å². The fraction of sp³-hybridized carbons (Fsp3) is 0.423. The Morgan fingerprint density at radius 1 is 0.862 bits per heavy atom. The lowest BCUT2D eigenvalue weighted by atomic mass is 10.0. The molecular formula is C26H33NO2. The third kappa shape index (κ3) is 5.50. The van der Waals surface area contributed by atoms with Crippen molar-refractivity contribution in [3.05, 3.63) is 65.9 Å². The zero-order valence-electron chi connectivity index (χ0n) is 17.8. The highest BCUT2D eigenvalue weighted by Gasteiger charge is 2.16. The Morgan fingerprint density at radius 3 is 2.21 bits per heavy atom. The standard InChI is InChI=1S/C26H33NO2/c1-3-4-5-6-7-8-9-12-19-27-20-24(23-13-10-11-14-25(23)27)26(28)21-15-17-22(29-2)18-16-21/h10-11,13-18,20H,3-9,12,19H2,1-2H3. The topological polar surface area (TPSA) is 31.2 Å². The van der Waals surface area contributed by atoms with E-state index in [-0.39, 0.29) is 5.78 Å². The van der Waals surface area contributed by atoms with Crippen LogP contribution in [0.2, 0.25) is 0 Å². The summed E-state index contributed by atoms with van der Waals surface area (Å²) in [6.07, 6.45) is 12.5. The third-order valence-corrected chi connectivity index (χ3v) is 5.64. The molecule has 2 aromatic carbocycles. The van der Waals surface area contributed by atoms with Gasteiger partial charge < -0.3 is 9.30 Å². The second kappa shape index (κ2) is 10.8.